The molecule has 2 N–H and O–H groups in total. The van der Waals surface area contributed by atoms with Crippen LogP contribution in [0.2, 0.25) is 0 Å². The molecule has 1 saturated heterocycles. The predicted octanol–water partition coefficient (Wildman–Crippen LogP) is 3.10. The van der Waals surface area contributed by atoms with Crippen molar-refractivity contribution in [3.63, 3.8) is 0 Å². The molecule has 0 spiro atoms. The van der Waals surface area contributed by atoms with E-state index in [0.717, 1.165) is 31.7 Å². The lowest BCUT2D eigenvalue weighted by Crippen LogP contribution is -2.44. The van der Waals surface area contributed by atoms with Gasteiger partial charge in [0.1, 0.15) is 11.6 Å². The number of hydrogen-bond donors (Lipinski definition) is 2. The van der Waals surface area contributed by atoms with Crippen molar-refractivity contribution in [3.8, 4) is 5.75 Å². The second-order valence-corrected chi connectivity index (χ2v) is 5.05. The molecule has 0 aliphatic carbocycles. The van der Waals surface area contributed by atoms with Gasteiger partial charge in [0.05, 0.1) is 4.47 Å². The molecule has 1 aromatic carbocycles. The van der Waals surface area contributed by atoms with E-state index in [0.29, 0.717) is 0 Å². The van der Waals surface area contributed by atoms with Crippen LogP contribution in [0.3, 0.4) is 0 Å². The molecule has 1 aliphatic heterocycles. The van der Waals surface area contributed by atoms with Crippen LogP contribution in [-0.2, 0) is 0 Å². The van der Waals surface area contributed by atoms with Gasteiger partial charge < -0.3 is 10.4 Å². The SMILES string of the molecule is C[C@H](c1ccc(F)c(Br)c1O)N1CCNCC1.Cl.Cl. The summed E-state index contributed by atoms with van der Waals surface area (Å²) in [6.07, 6.45) is 0. The van der Waals surface area contributed by atoms with Gasteiger partial charge in [0.15, 0.2) is 0 Å². The molecule has 7 heteroatoms. The number of halogens is 4. The first-order valence-corrected chi connectivity index (χ1v) is 6.52. The van der Waals surface area contributed by atoms with Crippen LogP contribution >= 0.6 is 40.7 Å². The lowest BCUT2D eigenvalue weighted by Gasteiger charge is -2.33. The largest absolute Gasteiger partial charge is 0.506 e. The van der Waals surface area contributed by atoms with Gasteiger partial charge in [-0.1, -0.05) is 6.07 Å². The van der Waals surface area contributed by atoms with Crippen molar-refractivity contribution in [1.82, 2.24) is 10.2 Å². The molecule has 3 nitrogen and oxygen atoms in total. The molecule has 19 heavy (non-hydrogen) atoms. The Kier molecular flexibility index (Phi) is 8.24. The third-order valence-electron chi connectivity index (χ3n) is 3.25. The van der Waals surface area contributed by atoms with Crippen LogP contribution in [0.1, 0.15) is 18.5 Å². The summed E-state index contributed by atoms with van der Waals surface area (Å²) in [4.78, 5) is 2.27. The van der Waals surface area contributed by atoms with E-state index >= 15 is 0 Å². The molecule has 1 atom stereocenters. The topological polar surface area (TPSA) is 35.5 Å². The first kappa shape index (κ1) is 18.9. The molecule has 0 bridgehead atoms. The van der Waals surface area contributed by atoms with Gasteiger partial charge in [-0.3, -0.25) is 4.90 Å². The van der Waals surface area contributed by atoms with E-state index in [4.69, 9.17) is 0 Å². The summed E-state index contributed by atoms with van der Waals surface area (Å²) in [5.41, 5.74) is 0.764. The quantitative estimate of drug-likeness (QED) is 0.833. The number of hydrogen-bond acceptors (Lipinski definition) is 3. The zero-order chi connectivity index (χ0) is 12.4. The fourth-order valence-corrected chi connectivity index (χ4v) is 2.52. The molecular formula is C12H18BrCl2FN2O. The van der Waals surface area contributed by atoms with Gasteiger partial charge in [0.25, 0.3) is 0 Å². The van der Waals surface area contributed by atoms with Crippen LogP contribution in [0.15, 0.2) is 16.6 Å². The fourth-order valence-electron chi connectivity index (χ4n) is 2.16. The molecule has 1 aliphatic rings. The minimum Gasteiger partial charge on any atom is -0.506 e. The minimum absolute atomic E-state index is 0. The van der Waals surface area contributed by atoms with E-state index in [2.05, 4.69) is 26.1 Å². The van der Waals surface area contributed by atoms with E-state index in [1.807, 2.05) is 6.92 Å². The maximum Gasteiger partial charge on any atom is 0.141 e. The zero-order valence-electron chi connectivity index (χ0n) is 10.5. The first-order valence-electron chi connectivity index (χ1n) is 5.73. The highest BCUT2D eigenvalue weighted by Crippen LogP contribution is 2.35. The highest BCUT2D eigenvalue weighted by molar-refractivity contribution is 9.10. The van der Waals surface area contributed by atoms with Gasteiger partial charge in [-0.2, -0.15) is 0 Å². The van der Waals surface area contributed by atoms with Crippen LogP contribution in [0, 0.1) is 5.82 Å². The number of benzene rings is 1. The number of phenolic OH excluding ortho intramolecular Hbond substituents is 1. The van der Waals surface area contributed by atoms with Crippen molar-refractivity contribution < 1.29 is 9.50 Å². The number of nitrogens with zero attached hydrogens (tertiary/aromatic N) is 1. The fraction of sp³-hybridized carbons (Fsp3) is 0.500. The molecule has 0 saturated carbocycles. The predicted molar refractivity (Wildman–Crippen MR) is 83.1 cm³/mol. The average Bonchev–Trinajstić information content (AvgIpc) is 2.36. The molecule has 1 aromatic rings. The molecule has 1 heterocycles. The van der Waals surface area contributed by atoms with E-state index < -0.39 is 5.82 Å². The second kappa shape index (κ2) is 8.27. The third kappa shape index (κ3) is 4.20. The van der Waals surface area contributed by atoms with Crippen LogP contribution in [-0.4, -0.2) is 36.2 Å². The third-order valence-corrected chi connectivity index (χ3v) is 4.00. The van der Waals surface area contributed by atoms with Crippen molar-refractivity contribution >= 4 is 40.7 Å². The smallest absolute Gasteiger partial charge is 0.141 e. The van der Waals surface area contributed by atoms with Crippen molar-refractivity contribution in [1.29, 1.82) is 0 Å². The Morgan fingerprint density at radius 2 is 1.89 bits per heavy atom. The Labute approximate surface area is 133 Å². The summed E-state index contributed by atoms with van der Waals surface area (Å²) >= 11 is 3.07. The Bertz CT molecular complexity index is 417. The lowest BCUT2D eigenvalue weighted by atomic mass is 10.0. The van der Waals surface area contributed by atoms with Gasteiger partial charge in [0.2, 0.25) is 0 Å². The first-order chi connectivity index (χ1) is 8.11. The molecule has 110 valence electrons. The summed E-state index contributed by atoms with van der Waals surface area (Å²) in [7, 11) is 0. The molecule has 0 amide bonds. The van der Waals surface area contributed by atoms with Crippen molar-refractivity contribution in [3.05, 3.63) is 28.0 Å². The molecule has 2 rings (SSSR count). The number of nitrogens with one attached hydrogen (secondary N) is 1. The van der Waals surface area contributed by atoms with Crippen molar-refractivity contribution in [2.75, 3.05) is 26.2 Å². The summed E-state index contributed by atoms with van der Waals surface area (Å²) in [5.74, 6) is -0.421. The Morgan fingerprint density at radius 1 is 1.32 bits per heavy atom. The summed E-state index contributed by atoms with van der Waals surface area (Å²) in [6, 6.07) is 3.13. The summed E-state index contributed by atoms with van der Waals surface area (Å²) < 4.78 is 13.4. The van der Waals surface area contributed by atoms with Gasteiger partial charge in [0, 0.05) is 37.8 Å². The van der Waals surface area contributed by atoms with Gasteiger partial charge in [-0.05, 0) is 28.9 Å². The van der Waals surface area contributed by atoms with Crippen LogP contribution in [0.25, 0.3) is 0 Å². The summed E-state index contributed by atoms with van der Waals surface area (Å²) in [5, 5.41) is 13.2. The van der Waals surface area contributed by atoms with Crippen LogP contribution in [0.5, 0.6) is 5.75 Å². The number of aromatic hydroxyl groups is 1. The molecule has 0 radical (unpaired) electrons. The zero-order valence-corrected chi connectivity index (χ0v) is 13.7. The molecule has 0 aromatic heterocycles. The second-order valence-electron chi connectivity index (χ2n) is 4.26. The van der Waals surface area contributed by atoms with Crippen molar-refractivity contribution in [2.24, 2.45) is 0 Å². The normalized spacial score (nSPS) is 17.2. The standard InChI is InChI=1S/C12H16BrFN2O.2ClH/c1-8(16-6-4-15-5-7-16)9-2-3-10(14)11(13)12(9)17;;/h2-3,8,15,17H,4-7H2,1H3;2*1H/t8-;;/m1../s1. The molecule has 1 fully saturated rings. The van der Waals surface area contributed by atoms with Crippen molar-refractivity contribution in [2.45, 2.75) is 13.0 Å². The van der Waals surface area contributed by atoms with Crippen LogP contribution < -0.4 is 5.32 Å². The molecule has 0 unspecified atom stereocenters. The minimum atomic E-state index is -0.432. The van der Waals surface area contributed by atoms with E-state index in [-0.39, 0.29) is 41.1 Å². The van der Waals surface area contributed by atoms with E-state index in [1.54, 1.807) is 6.07 Å². The summed E-state index contributed by atoms with van der Waals surface area (Å²) in [6.45, 7) is 5.82. The number of phenols is 1. The Morgan fingerprint density at radius 3 is 2.47 bits per heavy atom. The maximum atomic E-state index is 13.2. The van der Waals surface area contributed by atoms with Gasteiger partial charge in [-0.15, -0.1) is 24.8 Å². The Balaban J connectivity index is 0.00000162. The highest BCUT2D eigenvalue weighted by atomic mass is 79.9. The monoisotopic (exact) mass is 374 g/mol. The van der Waals surface area contributed by atoms with Gasteiger partial charge in [-0.25, -0.2) is 4.39 Å². The van der Waals surface area contributed by atoms with E-state index in [9.17, 15) is 9.50 Å². The van der Waals surface area contributed by atoms with Crippen LogP contribution in [0.4, 0.5) is 4.39 Å². The highest BCUT2D eigenvalue weighted by Gasteiger charge is 2.22. The molecular weight excluding hydrogens is 358 g/mol. The maximum absolute atomic E-state index is 13.2. The average molecular weight is 376 g/mol. The Hall–Kier alpha value is -0.0700. The lowest BCUT2D eigenvalue weighted by molar-refractivity contribution is 0.182. The number of rotatable bonds is 2. The van der Waals surface area contributed by atoms with E-state index in [1.165, 1.54) is 6.07 Å². The number of piperazine rings is 1. The van der Waals surface area contributed by atoms with Gasteiger partial charge >= 0.3 is 0 Å².